The zero-order valence-corrected chi connectivity index (χ0v) is 25.6. The molecule has 0 N–H and O–H groups in total. The molecule has 0 spiro atoms. The molecule has 8 aromatic carbocycles. The molecule has 0 unspecified atom stereocenters. The number of hydrogen-bond donors (Lipinski definition) is 0. The van der Waals surface area contributed by atoms with Crippen LogP contribution in [0.4, 0.5) is 0 Å². The van der Waals surface area contributed by atoms with E-state index < -0.39 is 0 Å². The summed E-state index contributed by atoms with van der Waals surface area (Å²) in [5, 5.41) is 7.67. The van der Waals surface area contributed by atoms with Crippen LogP contribution in [-0.2, 0) is 6.42 Å². The van der Waals surface area contributed by atoms with E-state index in [1.165, 1.54) is 88.0 Å². The number of rotatable bonds is 4. The van der Waals surface area contributed by atoms with Crippen LogP contribution in [0.1, 0.15) is 28.7 Å². The van der Waals surface area contributed by atoms with Crippen molar-refractivity contribution in [2.24, 2.45) is 0 Å². The average molecular weight is 585 g/mol. The van der Waals surface area contributed by atoms with E-state index in [1.54, 1.807) is 0 Å². The fourth-order valence-corrected chi connectivity index (χ4v) is 7.71. The lowest BCUT2D eigenvalue weighted by Gasteiger charge is -2.25. The lowest BCUT2D eigenvalue weighted by molar-refractivity contribution is 0.994. The van der Waals surface area contributed by atoms with E-state index in [9.17, 15) is 0 Å². The first-order chi connectivity index (χ1) is 22.8. The Morgan fingerprint density at radius 2 is 0.870 bits per heavy atom. The highest BCUT2D eigenvalue weighted by Crippen LogP contribution is 2.46. The predicted molar refractivity (Wildman–Crippen MR) is 197 cm³/mol. The fraction of sp³-hybridized carbons (Fsp3) is 0.0435. The molecule has 216 valence electrons. The predicted octanol–water partition coefficient (Wildman–Crippen LogP) is 12.4. The third-order valence-corrected chi connectivity index (χ3v) is 9.76. The zero-order valence-electron chi connectivity index (χ0n) is 25.6. The molecule has 0 amide bonds. The first kappa shape index (κ1) is 26.7. The molecule has 0 fully saturated rings. The number of hydrogen-bond acceptors (Lipinski definition) is 0. The molecule has 0 atom stereocenters. The molecule has 0 saturated carbocycles. The van der Waals surface area contributed by atoms with E-state index in [1.807, 2.05) is 0 Å². The maximum absolute atomic E-state index is 2.44. The Bertz CT molecular complexity index is 2400. The smallest absolute Gasteiger partial charge is 0.00262 e. The summed E-state index contributed by atoms with van der Waals surface area (Å²) < 4.78 is 0. The Labute approximate surface area is 269 Å². The van der Waals surface area contributed by atoms with Crippen LogP contribution < -0.4 is 0 Å². The summed E-state index contributed by atoms with van der Waals surface area (Å²) in [5.74, 6) is 0. The van der Waals surface area contributed by atoms with E-state index >= 15 is 0 Å². The molecule has 0 aliphatic heterocycles. The first-order valence-corrected chi connectivity index (χ1v) is 16.2. The van der Waals surface area contributed by atoms with Crippen molar-refractivity contribution < 1.29 is 0 Å². The molecule has 0 nitrogen and oxygen atoms in total. The molecule has 8 aromatic rings. The summed E-state index contributed by atoms with van der Waals surface area (Å²) in [6.45, 7) is 0. The van der Waals surface area contributed by atoms with Gasteiger partial charge in [0.05, 0.1) is 0 Å². The lowest BCUT2D eigenvalue weighted by atomic mass is 9.79. The van der Waals surface area contributed by atoms with Crippen LogP contribution in [0, 0.1) is 0 Å². The van der Waals surface area contributed by atoms with E-state index in [2.05, 4.69) is 170 Å². The van der Waals surface area contributed by atoms with Gasteiger partial charge >= 0.3 is 0 Å². The molecule has 0 heteroatoms. The lowest BCUT2D eigenvalue weighted by Crippen LogP contribution is -2.06. The van der Waals surface area contributed by atoms with Crippen LogP contribution in [0.15, 0.2) is 170 Å². The molecule has 46 heavy (non-hydrogen) atoms. The van der Waals surface area contributed by atoms with Gasteiger partial charge in [-0.05, 0) is 113 Å². The van der Waals surface area contributed by atoms with E-state index in [0.29, 0.717) is 0 Å². The van der Waals surface area contributed by atoms with Gasteiger partial charge in [-0.2, -0.15) is 0 Å². The summed E-state index contributed by atoms with van der Waals surface area (Å²) in [7, 11) is 0. The maximum Gasteiger partial charge on any atom is -0.00262 e. The van der Waals surface area contributed by atoms with Crippen molar-refractivity contribution in [2.75, 3.05) is 0 Å². The van der Waals surface area contributed by atoms with Gasteiger partial charge in [0.25, 0.3) is 0 Å². The summed E-state index contributed by atoms with van der Waals surface area (Å²) in [6, 6.07) is 62.6. The van der Waals surface area contributed by atoms with Crippen molar-refractivity contribution in [3.8, 4) is 22.3 Å². The number of fused-ring (bicyclic) bond motifs is 4. The summed E-state index contributed by atoms with van der Waals surface area (Å²) in [4.78, 5) is 0. The molecule has 0 radical (unpaired) electrons. The van der Waals surface area contributed by atoms with Crippen molar-refractivity contribution in [3.63, 3.8) is 0 Å². The minimum Gasteiger partial charge on any atom is -0.0622 e. The van der Waals surface area contributed by atoms with E-state index in [4.69, 9.17) is 0 Å². The zero-order chi connectivity index (χ0) is 30.5. The fourth-order valence-electron chi connectivity index (χ4n) is 7.71. The van der Waals surface area contributed by atoms with Crippen molar-refractivity contribution in [1.82, 2.24) is 0 Å². The normalized spacial score (nSPS) is 13.0. The van der Waals surface area contributed by atoms with Crippen LogP contribution in [0.25, 0.3) is 65.7 Å². The highest BCUT2D eigenvalue weighted by molar-refractivity contribution is 6.22. The van der Waals surface area contributed by atoms with Crippen LogP contribution >= 0.6 is 0 Å². The molecule has 0 saturated heterocycles. The van der Waals surface area contributed by atoms with Gasteiger partial charge in [-0.25, -0.2) is 0 Å². The molecule has 1 aliphatic carbocycles. The van der Waals surface area contributed by atoms with Gasteiger partial charge in [0.2, 0.25) is 0 Å². The number of allylic oxidation sites excluding steroid dienone is 1. The van der Waals surface area contributed by atoms with E-state index in [0.717, 1.165) is 12.8 Å². The van der Waals surface area contributed by atoms with Crippen LogP contribution in [0.5, 0.6) is 0 Å². The van der Waals surface area contributed by atoms with Crippen LogP contribution in [0.3, 0.4) is 0 Å². The van der Waals surface area contributed by atoms with Gasteiger partial charge < -0.3 is 0 Å². The quantitative estimate of drug-likeness (QED) is 0.181. The SMILES string of the molecule is c1ccc(C2=C(c3cccc(-c4c5ccccc5c(-c5ccc6ccccc6c5)c5ccccc45)c3)CCc3ccccc32)cc1. The molecule has 1 aliphatic rings. The minimum atomic E-state index is 1.02. The average Bonchev–Trinajstić information content (AvgIpc) is 3.13. The second-order valence-electron chi connectivity index (χ2n) is 12.4. The van der Waals surface area contributed by atoms with Gasteiger partial charge in [0, 0.05) is 0 Å². The summed E-state index contributed by atoms with van der Waals surface area (Å²) >= 11 is 0. The third kappa shape index (κ3) is 4.37. The van der Waals surface area contributed by atoms with Gasteiger partial charge in [-0.15, -0.1) is 0 Å². The molecule has 0 bridgehead atoms. The highest BCUT2D eigenvalue weighted by atomic mass is 14.3. The van der Waals surface area contributed by atoms with Crippen LogP contribution in [0.2, 0.25) is 0 Å². The van der Waals surface area contributed by atoms with Crippen molar-refractivity contribution in [1.29, 1.82) is 0 Å². The Balaban J connectivity index is 1.30. The topological polar surface area (TPSA) is 0 Å². The van der Waals surface area contributed by atoms with Crippen LogP contribution in [-0.4, -0.2) is 0 Å². The van der Waals surface area contributed by atoms with E-state index in [-0.39, 0.29) is 0 Å². The standard InChI is InChI=1S/C46H32/c1-2-15-33(16-3-1)44-38-20-7-6-14-32(38)27-28-39(44)35-18-12-19-36(30-35)45-40-21-8-10-23-42(40)46(43-24-11-9-22-41(43)45)37-26-25-31-13-4-5-17-34(31)29-37/h1-26,29-30H,27-28H2. The molecular formula is C46H32. The second-order valence-corrected chi connectivity index (χ2v) is 12.4. The van der Waals surface area contributed by atoms with Crippen molar-refractivity contribution in [2.45, 2.75) is 12.8 Å². The Hall–Kier alpha value is -5.72. The molecule has 9 rings (SSSR count). The molecule has 0 heterocycles. The molecular weight excluding hydrogens is 553 g/mol. The largest absolute Gasteiger partial charge is 0.0622 e. The second kappa shape index (κ2) is 11.0. The van der Waals surface area contributed by atoms with Crippen molar-refractivity contribution in [3.05, 3.63) is 192 Å². The summed E-state index contributed by atoms with van der Waals surface area (Å²) in [6.07, 6.45) is 2.07. The third-order valence-electron chi connectivity index (χ3n) is 9.76. The minimum absolute atomic E-state index is 1.02. The molecule has 0 aromatic heterocycles. The van der Waals surface area contributed by atoms with Gasteiger partial charge in [-0.1, -0.05) is 158 Å². The maximum atomic E-state index is 2.44. The first-order valence-electron chi connectivity index (χ1n) is 16.2. The van der Waals surface area contributed by atoms with Gasteiger partial charge in [-0.3, -0.25) is 0 Å². The number of aryl methyl sites for hydroxylation is 1. The summed E-state index contributed by atoms with van der Waals surface area (Å²) in [5.41, 5.74) is 13.3. The Morgan fingerprint density at radius 1 is 0.326 bits per heavy atom. The highest BCUT2D eigenvalue weighted by Gasteiger charge is 2.22. The van der Waals surface area contributed by atoms with Crippen molar-refractivity contribution >= 4 is 43.5 Å². The monoisotopic (exact) mass is 584 g/mol. The number of benzene rings is 8. The Morgan fingerprint density at radius 3 is 1.59 bits per heavy atom. The Kier molecular flexibility index (Phi) is 6.39. The van der Waals surface area contributed by atoms with Gasteiger partial charge in [0.15, 0.2) is 0 Å². The van der Waals surface area contributed by atoms with Gasteiger partial charge in [0.1, 0.15) is 0 Å².